The van der Waals surface area contributed by atoms with Crippen LogP contribution in [0, 0.1) is 46.3 Å². The smallest absolute Gasteiger partial charge is 0.542 e. The van der Waals surface area contributed by atoms with Gasteiger partial charge in [0.1, 0.15) is 0 Å². The Balaban J connectivity index is 0.00000240. The van der Waals surface area contributed by atoms with Crippen molar-refractivity contribution in [2.24, 2.45) is 46.3 Å². The third kappa shape index (κ3) is 3.75. The molecule has 4 fully saturated rings. The average molecular weight is 480 g/mol. The van der Waals surface area contributed by atoms with E-state index in [9.17, 15) is 20.1 Å². The second kappa shape index (κ2) is 8.89. The van der Waals surface area contributed by atoms with Gasteiger partial charge in [0.25, 0.3) is 0 Å². The number of rotatable bonds is 4. The zero-order valence-electron chi connectivity index (χ0n) is 18.4. The quantitative estimate of drug-likeness (QED) is 0.539. The fourth-order valence-corrected chi connectivity index (χ4v) is 8.62. The SMILES string of the molecule is CC(CC[C-]=O)C1CCC2C3C(O)CC4CC(O)CCC4(C)C3CC(O)C12C.[Y+3]. The molecular weight excluding hydrogens is 441 g/mol. The molecular formula is C24H39O4Y+2. The molecule has 4 aliphatic rings. The molecule has 11 unspecified atom stereocenters. The van der Waals surface area contributed by atoms with Gasteiger partial charge in [-0.25, -0.2) is 0 Å². The van der Waals surface area contributed by atoms with Crippen molar-refractivity contribution in [3.63, 3.8) is 0 Å². The predicted octanol–water partition coefficient (Wildman–Crippen LogP) is 3.47. The van der Waals surface area contributed by atoms with E-state index < -0.39 is 0 Å². The van der Waals surface area contributed by atoms with Gasteiger partial charge in [0, 0.05) is 0 Å². The fourth-order valence-electron chi connectivity index (χ4n) is 8.62. The second-order valence-corrected chi connectivity index (χ2v) is 11.2. The normalized spacial score (nSPS) is 52.5. The van der Waals surface area contributed by atoms with Crippen molar-refractivity contribution < 1.29 is 52.8 Å². The third-order valence-corrected chi connectivity index (χ3v) is 10.2. The first-order valence-electron chi connectivity index (χ1n) is 11.6. The Morgan fingerprint density at radius 1 is 1.03 bits per heavy atom. The maximum absolute atomic E-state index is 11.5. The molecule has 0 aromatic heterocycles. The van der Waals surface area contributed by atoms with Gasteiger partial charge < -0.3 is 20.1 Å². The van der Waals surface area contributed by atoms with Crippen LogP contribution in [-0.2, 0) is 37.5 Å². The van der Waals surface area contributed by atoms with E-state index in [1.54, 1.807) is 0 Å². The molecule has 0 spiro atoms. The number of hydrogen-bond acceptors (Lipinski definition) is 4. The molecule has 0 saturated heterocycles. The van der Waals surface area contributed by atoms with Crippen LogP contribution in [0.1, 0.15) is 78.6 Å². The summed E-state index contributed by atoms with van der Waals surface area (Å²) in [6.45, 7) is 6.87. The summed E-state index contributed by atoms with van der Waals surface area (Å²) in [5.41, 5.74) is -0.0383. The van der Waals surface area contributed by atoms with E-state index in [0.29, 0.717) is 36.0 Å². The van der Waals surface area contributed by atoms with Crippen LogP contribution >= 0.6 is 0 Å². The van der Waals surface area contributed by atoms with E-state index >= 15 is 0 Å². The molecule has 160 valence electrons. The van der Waals surface area contributed by atoms with E-state index in [-0.39, 0.29) is 67.8 Å². The average Bonchev–Trinajstić information content (AvgIpc) is 3.01. The van der Waals surface area contributed by atoms with E-state index in [1.165, 1.54) is 0 Å². The van der Waals surface area contributed by atoms with Gasteiger partial charge in [0.05, 0.1) is 18.3 Å². The second-order valence-electron chi connectivity index (χ2n) is 11.2. The minimum Gasteiger partial charge on any atom is -0.542 e. The molecule has 0 aromatic rings. The van der Waals surface area contributed by atoms with Crippen molar-refractivity contribution in [1.82, 2.24) is 0 Å². The summed E-state index contributed by atoms with van der Waals surface area (Å²) in [6, 6.07) is 0. The van der Waals surface area contributed by atoms with Gasteiger partial charge in [-0.1, -0.05) is 27.2 Å². The Morgan fingerprint density at radius 3 is 2.45 bits per heavy atom. The summed E-state index contributed by atoms with van der Waals surface area (Å²) in [5.74, 6) is 2.14. The summed E-state index contributed by atoms with van der Waals surface area (Å²) >= 11 is 0. The van der Waals surface area contributed by atoms with Crippen LogP contribution in [0.4, 0.5) is 0 Å². The zero-order valence-corrected chi connectivity index (χ0v) is 21.2. The first kappa shape index (κ1) is 24.3. The largest absolute Gasteiger partial charge is 3.00 e. The molecule has 0 aromatic carbocycles. The molecule has 0 radical (unpaired) electrons. The Kier molecular flexibility index (Phi) is 7.45. The van der Waals surface area contributed by atoms with Crippen LogP contribution < -0.4 is 0 Å². The van der Waals surface area contributed by atoms with Crippen molar-refractivity contribution >= 4 is 6.29 Å². The number of aliphatic hydroxyl groups excluding tert-OH is 3. The molecule has 11 atom stereocenters. The maximum Gasteiger partial charge on any atom is 3.00 e. The predicted molar refractivity (Wildman–Crippen MR) is 108 cm³/mol. The Morgan fingerprint density at radius 2 is 1.76 bits per heavy atom. The van der Waals surface area contributed by atoms with Crippen LogP contribution in [0.2, 0.25) is 0 Å². The first-order valence-corrected chi connectivity index (χ1v) is 11.6. The zero-order chi connectivity index (χ0) is 20.3. The molecule has 4 rings (SSSR count). The van der Waals surface area contributed by atoms with Gasteiger partial charge in [0.15, 0.2) is 0 Å². The van der Waals surface area contributed by atoms with E-state index in [0.717, 1.165) is 51.4 Å². The molecule has 4 saturated carbocycles. The van der Waals surface area contributed by atoms with Gasteiger partial charge in [0.2, 0.25) is 0 Å². The van der Waals surface area contributed by atoms with Gasteiger partial charge in [-0.05, 0) is 91.3 Å². The molecule has 4 aliphatic carbocycles. The summed E-state index contributed by atoms with van der Waals surface area (Å²) in [4.78, 5) is 10.7. The third-order valence-electron chi connectivity index (χ3n) is 10.2. The van der Waals surface area contributed by atoms with Gasteiger partial charge in [-0.3, -0.25) is 6.29 Å². The maximum atomic E-state index is 11.5. The van der Waals surface area contributed by atoms with E-state index in [4.69, 9.17) is 0 Å². The summed E-state index contributed by atoms with van der Waals surface area (Å²) in [5, 5.41) is 32.9. The molecule has 4 nitrogen and oxygen atoms in total. The van der Waals surface area contributed by atoms with Crippen molar-refractivity contribution in [3.05, 3.63) is 0 Å². The Bertz CT molecular complexity index is 599. The Hall–Kier alpha value is 0.654. The molecule has 3 N–H and O–H groups in total. The van der Waals surface area contributed by atoms with Crippen LogP contribution in [-0.4, -0.2) is 39.9 Å². The number of carbonyl (C=O) groups excluding carboxylic acids is 1. The fraction of sp³-hybridized carbons (Fsp3) is 0.958. The van der Waals surface area contributed by atoms with Crippen LogP contribution in [0.5, 0.6) is 0 Å². The van der Waals surface area contributed by atoms with Crippen molar-refractivity contribution in [2.45, 2.75) is 96.9 Å². The standard InChI is InChI=1S/C24H39O4.Y/c1-14(5-4-10-25)17-6-7-18-22-19(13-21(28)24(17,18)3)23(2)9-8-16(26)11-15(23)12-20(22)27;/h14-22,26-28H,4-9,11-13H2,1-3H3;/q-1;+3. The van der Waals surface area contributed by atoms with Crippen molar-refractivity contribution in [1.29, 1.82) is 0 Å². The summed E-state index contributed by atoms with van der Waals surface area (Å²) in [6.07, 6.45) is 8.89. The molecule has 0 bridgehead atoms. The van der Waals surface area contributed by atoms with Crippen molar-refractivity contribution in [2.75, 3.05) is 0 Å². The number of aliphatic hydroxyl groups is 3. The van der Waals surface area contributed by atoms with Crippen LogP contribution in [0.15, 0.2) is 0 Å². The van der Waals surface area contributed by atoms with Crippen molar-refractivity contribution in [3.8, 4) is 0 Å². The van der Waals surface area contributed by atoms with Gasteiger partial charge in [-0.15, -0.1) is 0 Å². The van der Waals surface area contributed by atoms with Gasteiger partial charge >= 0.3 is 32.7 Å². The van der Waals surface area contributed by atoms with Crippen LogP contribution in [0.25, 0.3) is 0 Å². The summed E-state index contributed by atoms with van der Waals surface area (Å²) < 4.78 is 0. The molecule has 0 amide bonds. The van der Waals surface area contributed by atoms with Crippen LogP contribution in [0.3, 0.4) is 0 Å². The molecule has 0 aliphatic heterocycles. The number of hydrogen-bond donors (Lipinski definition) is 3. The van der Waals surface area contributed by atoms with E-state index in [1.807, 2.05) is 6.29 Å². The monoisotopic (exact) mass is 480 g/mol. The molecule has 0 heterocycles. The number of fused-ring (bicyclic) bond motifs is 5. The topological polar surface area (TPSA) is 77.8 Å². The van der Waals surface area contributed by atoms with E-state index in [2.05, 4.69) is 20.8 Å². The first-order chi connectivity index (χ1) is 13.2. The van der Waals surface area contributed by atoms with Gasteiger partial charge in [-0.2, -0.15) is 6.42 Å². The minimum atomic E-state index is -0.344. The molecule has 29 heavy (non-hydrogen) atoms. The Labute approximate surface area is 201 Å². The molecule has 5 heteroatoms. The summed E-state index contributed by atoms with van der Waals surface area (Å²) in [7, 11) is 0. The minimum absolute atomic E-state index is 0.